The van der Waals surface area contributed by atoms with Gasteiger partial charge in [-0.15, -0.1) is 0 Å². The monoisotopic (exact) mass is 519 g/mol. The van der Waals surface area contributed by atoms with Gasteiger partial charge in [0.2, 0.25) is 5.95 Å². The number of nitrogens with two attached hydrogens (primary N) is 2. The summed E-state index contributed by atoms with van der Waals surface area (Å²) in [6.07, 6.45) is -4.97. The average Bonchev–Trinajstić information content (AvgIpc) is 2.84. The van der Waals surface area contributed by atoms with E-state index in [1.165, 1.54) is 24.3 Å². The lowest BCUT2D eigenvalue weighted by atomic mass is 10.1. The maximum atomic E-state index is 13.4. The van der Waals surface area contributed by atoms with Crippen LogP contribution in [0.4, 0.5) is 28.9 Å². The molecule has 192 valence electrons. The molecule has 0 atom stereocenters. The predicted octanol–water partition coefficient (Wildman–Crippen LogP) is 2.17. The highest BCUT2D eigenvalue weighted by atomic mass is 19.4. The molecule has 0 saturated carbocycles. The van der Waals surface area contributed by atoms with E-state index in [0.717, 1.165) is 0 Å². The minimum absolute atomic E-state index is 0.123. The first-order chi connectivity index (χ1) is 17.4. The molecular weight excluding hydrogens is 502 g/mol. The first-order valence-corrected chi connectivity index (χ1v) is 10.1. The maximum absolute atomic E-state index is 13.4. The fourth-order valence-corrected chi connectivity index (χ4v) is 2.74. The molecule has 0 radical (unpaired) electrons. The van der Waals surface area contributed by atoms with Gasteiger partial charge in [0, 0.05) is 17.8 Å². The minimum atomic E-state index is -5.36. The van der Waals surface area contributed by atoms with Gasteiger partial charge in [-0.25, -0.2) is 19.8 Å². The molecule has 0 aliphatic heterocycles. The zero-order valence-electron chi connectivity index (χ0n) is 18.5. The van der Waals surface area contributed by atoms with Crippen molar-refractivity contribution in [1.29, 1.82) is 0 Å². The summed E-state index contributed by atoms with van der Waals surface area (Å²) in [5.41, 5.74) is 11.4. The standard InChI is InChI=1S/C22H17F4N7O4/c23-15-10-30-19(37-20(36)22(24,25)26)16(33-15)18(35)29-9-11-1-5-13(6-2-11)31-17(34)12-3-7-14(8-4-12)32-21(27)28/h1-8,10H,9H2,(H,29,35)(H,31,34)(H4,27,28,32). The summed E-state index contributed by atoms with van der Waals surface area (Å²) in [6.45, 7) is -0.163. The lowest BCUT2D eigenvalue weighted by Crippen LogP contribution is -2.31. The number of aliphatic imine (C=N–C) groups is 1. The van der Waals surface area contributed by atoms with Crippen molar-refractivity contribution in [2.24, 2.45) is 16.5 Å². The van der Waals surface area contributed by atoms with Crippen molar-refractivity contribution >= 4 is 35.1 Å². The van der Waals surface area contributed by atoms with Crippen molar-refractivity contribution in [3.8, 4) is 5.88 Å². The first kappa shape index (κ1) is 26.5. The molecule has 2 aromatic carbocycles. The number of hydrogen-bond acceptors (Lipinski definition) is 7. The van der Waals surface area contributed by atoms with E-state index < -0.39 is 41.5 Å². The molecule has 2 amide bonds. The van der Waals surface area contributed by atoms with E-state index in [-0.39, 0.29) is 12.5 Å². The van der Waals surface area contributed by atoms with E-state index in [1.807, 2.05) is 0 Å². The molecular formula is C22H17F4N7O4. The number of carbonyl (C=O) groups excluding carboxylic acids is 3. The van der Waals surface area contributed by atoms with Gasteiger partial charge in [-0.2, -0.15) is 17.6 Å². The molecule has 0 aliphatic carbocycles. The number of nitrogens with one attached hydrogen (secondary N) is 2. The van der Waals surface area contributed by atoms with Crippen LogP contribution in [0.25, 0.3) is 0 Å². The van der Waals surface area contributed by atoms with Crippen molar-refractivity contribution in [2.75, 3.05) is 5.32 Å². The van der Waals surface area contributed by atoms with Crippen molar-refractivity contribution in [1.82, 2.24) is 15.3 Å². The second-order valence-electron chi connectivity index (χ2n) is 7.15. The third kappa shape index (κ3) is 7.45. The molecule has 6 N–H and O–H groups in total. The van der Waals surface area contributed by atoms with Crippen LogP contribution in [0.5, 0.6) is 5.88 Å². The van der Waals surface area contributed by atoms with Crippen LogP contribution < -0.4 is 26.8 Å². The Labute approximate surface area is 205 Å². The highest BCUT2D eigenvalue weighted by Crippen LogP contribution is 2.21. The minimum Gasteiger partial charge on any atom is -0.398 e. The second kappa shape index (κ2) is 11.1. The molecule has 15 heteroatoms. The van der Waals surface area contributed by atoms with Gasteiger partial charge < -0.3 is 26.8 Å². The first-order valence-electron chi connectivity index (χ1n) is 10.1. The number of amides is 2. The van der Waals surface area contributed by atoms with Crippen LogP contribution in [-0.2, 0) is 11.3 Å². The highest BCUT2D eigenvalue weighted by Gasteiger charge is 2.42. The summed E-state index contributed by atoms with van der Waals surface area (Å²) >= 11 is 0. The zero-order valence-corrected chi connectivity index (χ0v) is 18.5. The Morgan fingerprint density at radius 1 is 0.973 bits per heavy atom. The summed E-state index contributed by atoms with van der Waals surface area (Å²) in [4.78, 5) is 46.0. The van der Waals surface area contributed by atoms with Gasteiger partial charge in [0.15, 0.2) is 11.7 Å². The predicted molar refractivity (Wildman–Crippen MR) is 121 cm³/mol. The highest BCUT2D eigenvalue weighted by molar-refractivity contribution is 6.04. The van der Waals surface area contributed by atoms with Gasteiger partial charge in [-0.1, -0.05) is 12.1 Å². The quantitative estimate of drug-likeness (QED) is 0.159. The number of anilines is 1. The van der Waals surface area contributed by atoms with Crippen molar-refractivity contribution in [3.05, 3.63) is 77.5 Å². The lowest BCUT2D eigenvalue weighted by molar-refractivity contribution is -0.190. The summed E-state index contributed by atoms with van der Waals surface area (Å²) in [6, 6.07) is 12.3. The maximum Gasteiger partial charge on any atom is 0.491 e. The van der Waals surface area contributed by atoms with Crippen LogP contribution in [0.1, 0.15) is 26.4 Å². The summed E-state index contributed by atoms with van der Waals surface area (Å²) in [5.74, 6) is -6.71. The third-order valence-electron chi connectivity index (χ3n) is 4.40. The molecule has 3 rings (SSSR count). The number of halogens is 4. The number of rotatable bonds is 7. The van der Waals surface area contributed by atoms with Crippen LogP contribution in [0.3, 0.4) is 0 Å². The van der Waals surface area contributed by atoms with Crippen molar-refractivity contribution < 1.29 is 36.7 Å². The molecule has 0 bridgehead atoms. The molecule has 11 nitrogen and oxygen atoms in total. The number of hydrogen-bond donors (Lipinski definition) is 4. The molecule has 37 heavy (non-hydrogen) atoms. The normalized spacial score (nSPS) is 10.8. The average molecular weight is 519 g/mol. The molecule has 0 unspecified atom stereocenters. The number of alkyl halides is 3. The Bertz CT molecular complexity index is 1340. The fourth-order valence-electron chi connectivity index (χ4n) is 2.74. The molecule has 3 aromatic rings. The lowest BCUT2D eigenvalue weighted by Gasteiger charge is -2.10. The summed E-state index contributed by atoms with van der Waals surface area (Å²) < 4.78 is 54.8. The van der Waals surface area contributed by atoms with Gasteiger partial charge in [0.25, 0.3) is 17.7 Å². The van der Waals surface area contributed by atoms with Gasteiger partial charge >= 0.3 is 12.1 Å². The van der Waals surface area contributed by atoms with Crippen molar-refractivity contribution in [3.63, 3.8) is 0 Å². The Morgan fingerprint density at radius 3 is 2.22 bits per heavy atom. The van der Waals surface area contributed by atoms with Gasteiger partial charge in [0.05, 0.1) is 11.9 Å². The molecule has 1 heterocycles. The molecule has 0 saturated heterocycles. The van der Waals surface area contributed by atoms with Crippen LogP contribution >= 0.6 is 0 Å². The van der Waals surface area contributed by atoms with E-state index >= 15 is 0 Å². The molecule has 0 fully saturated rings. The molecule has 0 aliphatic rings. The number of ether oxygens (including phenoxy) is 1. The van der Waals surface area contributed by atoms with E-state index in [0.29, 0.717) is 28.7 Å². The molecule has 1 aromatic heterocycles. The zero-order chi connectivity index (χ0) is 27.2. The Kier molecular flexibility index (Phi) is 7.96. The SMILES string of the molecule is NC(N)=Nc1ccc(C(=O)Nc2ccc(CNC(=O)c3nc(F)cnc3OC(=O)C(F)(F)F)cc2)cc1. The van der Waals surface area contributed by atoms with E-state index in [9.17, 15) is 31.9 Å². The van der Waals surface area contributed by atoms with Crippen LogP contribution in [0.15, 0.2) is 59.7 Å². The van der Waals surface area contributed by atoms with Gasteiger partial charge in [-0.3, -0.25) is 9.59 Å². The number of guanidine groups is 1. The van der Waals surface area contributed by atoms with E-state index in [4.69, 9.17) is 11.5 Å². The number of nitrogens with zero attached hydrogens (tertiary/aromatic N) is 3. The number of esters is 1. The molecule has 0 spiro atoms. The smallest absolute Gasteiger partial charge is 0.398 e. The van der Waals surface area contributed by atoms with E-state index in [1.54, 1.807) is 24.3 Å². The van der Waals surface area contributed by atoms with E-state index in [2.05, 4.69) is 30.3 Å². The summed E-state index contributed by atoms with van der Waals surface area (Å²) in [5, 5.41) is 4.97. The third-order valence-corrected chi connectivity index (χ3v) is 4.40. The largest absolute Gasteiger partial charge is 0.491 e. The fraction of sp³-hybridized carbons (Fsp3) is 0.0909. The van der Waals surface area contributed by atoms with Crippen molar-refractivity contribution in [2.45, 2.75) is 12.7 Å². The number of carbonyl (C=O) groups is 3. The van der Waals surface area contributed by atoms with Crippen LogP contribution in [-0.4, -0.2) is 39.9 Å². The number of aromatic nitrogens is 2. The number of benzene rings is 2. The summed E-state index contributed by atoms with van der Waals surface area (Å²) in [7, 11) is 0. The van der Waals surface area contributed by atoms with Gasteiger partial charge in [-0.05, 0) is 42.0 Å². The Balaban J connectivity index is 1.61. The Hall–Kier alpha value is -5.08. The second-order valence-corrected chi connectivity index (χ2v) is 7.15. The van der Waals surface area contributed by atoms with Gasteiger partial charge in [0.1, 0.15) is 0 Å². The van der Waals surface area contributed by atoms with Crippen LogP contribution in [0, 0.1) is 5.95 Å². The van der Waals surface area contributed by atoms with Crippen LogP contribution in [0.2, 0.25) is 0 Å². The topological polar surface area (TPSA) is 175 Å². The Morgan fingerprint density at radius 2 is 1.62 bits per heavy atom.